The number of rotatable bonds is 3. The number of carbonyl (C=O) groups excluding carboxylic acids is 1. The first-order valence-electron chi connectivity index (χ1n) is 7.68. The van der Waals surface area contributed by atoms with E-state index in [0.717, 1.165) is 0 Å². The molecule has 0 saturated heterocycles. The van der Waals surface area contributed by atoms with Crippen LogP contribution in [-0.4, -0.2) is 27.0 Å². The first kappa shape index (κ1) is 19.0. The SMILES string of the molecule is Cc1ccc(Br)cc1N(C(=O)C(F)(F)F)c1nccc(-c2cccnc2)n1. The standard InChI is InChI=1S/C18H12BrF3N4O/c1-11-4-5-13(19)9-15(11)26(16(27)18(20,21)22)17-24-8-6-14(25-17)12-3-2-7-23-10-12/h2-10H,1H3. The highest BCUT2D eigenvalue weighted by molar-refractivity contribution is 9.10. The zero-order valence-electron chi connectivity index (χ0n) is 13.9. The number of carbonyl (C=O) groups is 1. The summed E-state index contributed by atoms with van der Waals surface area (Å²) in [5.41, 5.74) is 1.44. The van der Waals surface area contributed by atoms with Crippen LogP contribution in [0.15, 0.2) is 59.5 Å². The van der Waals surface area contributed by atoms with E-state index in [2.05, 4.69) is 30.9 Å². The maximum absolute atomic E-state index is 13.3. The Hall–Kier alpha value is -2.81. The van der Waals surface area contributed by atoms with Crippen molar-refractivity contribution in [2.45, 2.75) is 13.1 Å². The summed E-state index contributed by atoms with van der Waals surface area (Å²) in [6, 6.07) is 9.60. The van der Waals surface area contributed by atoms with Gasteiger partial charge in [0.25, 0.3) is 0 Å². The lowest BCUT2D eigenvalue weighted by molar-refractivity contribution is -0.169. The number of alkyl halides is 3. The summed E-state index contributed by atoms with van der Waals surface area (Å²) in [5.74, 6) is -2.45. The van der Waals surface area contributed by atoms with Gasteiger partial charge in [0.2, 0.25) is 5.95 Å². The van der Waals surface area contributed by atoms with E-state index in [9.17, 15) is 18.0 Å². The van der Waals surface area contributed by atoms with Crippen molar-refractivity contribution in [2.24, 2.45) is 0 Å². The number of amides is 1. The second kappa shape index (κ2) is 7.43. The van der Waals surface area contributed by atoms with Gasteiger partial charge < -0.3 is 0 Å². The summed E-state index contributed by atoms with van der Waals surface area (Å²) >= 11 is 3.22. The zero-order chi connectivity index (χ0) is 19.6. The minimum atomic E-state index is -5.09. The van der Waals surface area contributed by atoms with Crippen molar-refractivity contribution >= 4 is 33.5 Å². The van der Waals surface area contributed by atoms with Crippen molar-refractivity contribution in [3.63, 3.8) is 0 Å². The van der Waals surface area contributed by atoms with Crippen molar-refractivity contribution in [1.29, 1.82) is 0 Å². The van der Waals surface area contributed by atoms with Crippen molar-refractivity contribution in [1.82, 2.24) is 15.0 Å². The summed E-state index contributed by atoms with van der Waals surface area (Å²) < 4.78 is 40.3. The van der Waals surface area contributed by atoms with E-state index < -0.39 is 12.1 Å². The molecule has 27 heavy (non-hydrogen) atoms. The number of pyridine rings is 1. The normalized spacial score (nSPS) is 11.3. The van der Waals surface area contributed by atoms with Gasteiger partial charge in [0.15, 0.2) is 0 Å². The number of aryl methyl sites for hydroxylation is 1. The number of benzene rings is 1. The molecule has 0 aliphatic heterocycles. The van der Waals surface area contributed by atoms with Crippen molar-refractivity contribution in [2.75, 3.05) is 4.90 Å². The van der Waals surface area contributed by atoms with Gasteiger partial charge in [-0.3, -0.25) is 9.78 Å². The second-order valence-electron chi connectivity index (χ2n) is 5.55. The van der Waals surface area contributed by atoms with Crippen molar-refractivity contribution in [3.8, 4) is 11.3 Å². The molecule has 138 valence electrons. The van der Waals surface area contributed by atoms with Crippen LogP contribution < -0.4 is 4.90 Å². The number of aromatic nitrogens is 3. The molecule has 3 aromatic rings. The highest BCUT2D eigenvalue weighted by Gasteiger charge is 2.45. The number of hydrogen-bond acceptors (Lipinski definition) is 4. The van der Waals surface area contributed by atoms with E-state index in [-0.39, 0.29) is 11.6 Å². The molecule has 9 heteroatoms. The van der Waals surface area contributed by atoms with Gasteiger partial charge in [-0.1, -0.05) is 22.0 Å². The first-order valence-corrected chi connectivity index (χ1v) is 8.47. The average molecular weight is 437 g/mol. The predicted molar refractivity (Wildman–Crippen MR) is 97.3 cm³/mol. The fourth-order valence-corrected chi connectivity index (χ4v) is 2.74. The molecular formula is C18H12BrF3N4O. The predicted octanol–water partition coefficient (Wildman–Crippen LogP) is 4.84. The van der Waals surface area contributed by atoms with Gasteiger partial charge in [-0.05, 0) is 42.8 Å². The van der Waals surface area contributed by atoms with Gasteiger partial charge in [0.05, 0.1) is 11.4 Å². The highest BCUT2D eigenvalue weighted by atomic mass is 79.9. The zero-order valence-corrected chi connectivity index (χ0v) is 15.5. The maximum atomic E-state index is 13.3. The van der Waals surface area contributed by atoms with E-state index in [4.69, 9.17) is 0 Å². The third kappa shape index (κ3) is 4.13. The van der Waals surface area contributed by atoms with E-state index in [0.29, 0.717) is 26.2 Å². The Bertz CT molecular complexity index is 980. The molecular weight excluding hydrogens is 425 g/mol. The lowest BCUT2D eigenvalue weighted by Gasteiger charge is -2.24. The lowest BCUT2D eigenvalue weighted by Crippen LogP contribution is -2.39. The molecule has 5 nitrogen and oxygen atoms in total. The quantitative estimate of drug-likeness (QED) is 0.589. The molecule has 2 heterocycles. The summed E-state index contributed by atoms with van der Waals surface area (Å²) in [7, 11) is 0. The van der Waals surface area contributed by atoms with Crippen LogP contribution >= 0.6 is 15.9 Å². The molecule has 0 fully saturated rings. The Kier molecular flexibility index (Phi) is 5.22. The smallest absolute Gasteiger partial charge is 0.264 e. The molecule has 0 radical (unpaired) electrons. The number of nitrogens with zero attached hydrogens (tertiary/aromatic N) is 4. The van der Waals surface area contributed by atoms with Crippen LogP contribution in [0.2, 0.25) is 0 Å². The summed E-state index contributed by atoms with van der Waals surface area (Å²) in [6.07, 6.45) is -0.709. The second-order valence-corrected chi connectivity index (χ2v) is 6.47. The van der Waals surface area contributed by atoms with Crippen molar-refractivity contribution in [3.05, 3.63) is 65.0 Å². The van der Waals surface area contributed by atoms with Crippen LogP contribution in [0.1, 0.15) is 5.56 Å². The van der Waals surface area contributed by atoms with E-state index in [1.54, 1.807) is 37.4 Å². The van der Waals surface area contributed by atoms with E-state index in [1.165, 1.54) is 24.5 Å². The maximum Gasteiger partial charge on any atom is 0.472 e. The number of anilines is 2. The Labute approximate surface area is 161 Å². The summed E-state index contributed by atoms with van der Waals surface area (Å²) in [4.78, 5) is 24.7. The van der Waals surface area contributed by atoms with Gasteiger partial charge in [-0.15, -0.1) is 0 Å². The molecule has 1 amide bonds. The van der Waals surface area contributed by atoms with Crippen LogP contribution in [0.4, 0.5) is 24.8 Å². The Morgan fingerprint density at radius 3 is 2.59 bits per heavy atom. The Morgan fingerprint density at radius 1 is 1.15 bits per heavy atom. The van der Waals surface area contributed by atoms with Gasteiger partial charge in [-0.2, -0.15) is 13.2 Å². The van der Waals surface area contributed by atoms with Crippen LogP contribution in [0, 0.1) is 6.92 Å². The van der Waals surface area contributed by atoms with Crippen molar-refractivity contribution < 1.29 is 18.0 Å². The van der Waals surface area contributed by atoms with Crippen LogP contribution in [0.3, 0.4) is 0 Å². The minimum Gasteiger partial charge on any atom is -0.264 e. The first-order chi connectivity index (χ1) is 12.8. The minimum absolute atomic E-state index is 0.0371. The van der Waals surface area contributed by atoms with Crippen LogP contribution in [0.25, 0.3) is 11.3 Å². The Morgan fingerprint density at radius 2 is 1.93 bits per heavy atom. The Balaban J connectivity index is 2.17. The largest absolute Gasteiger partial charge is 0.472 e. The fourth-order valence-electron chi connectivity index (χ4n) is 2.39. The fraction of sp³-hybridized carbons (Fsp3) is 0.111. The van der Waals surface area contributed by atoms with Crippen LogP contribution in [0.5, 0.6) is 0 Å². The number of hydrogen-bond donors (Lipinski definition) is 0. The lowest BCUT2D eigenvalue weighted by atomic mass is 10.1. The molecule has 0 saturated carbocycles. The molecule has 1 aromatic carbocycles. The molecule has 0 aliphatic carbocycles. The van der Waals surface area contributed by atoms with Gasteiger partial charge in [0.1, 0.15) is 0 Å². The van der Waals surface area contributed by atoms with Crippen LogP contribution in [-0.2, 0) is 4.79 Å². The summed E-state index contributed by atoms with van der Waals surface area (Å²) in [5, 5.41) is 0. The van der Waals surface area contributed by atoms with Gasteiger partial charge in [0, 0.05) is 28.6 Å². The third-order valence-corrected chi connectivity index (χ3v) is 4.15. The molecule has 0 bridgehead atoms. The van der Waals surface area contributed by atoms with E-state index in [1.807, 2.05) is 0 Å². The molecule has 0 spiro atoms. The topological polar surface area (TPSA) is 59.0 Å². The summed E-state index contributed by atoms with van der Waals surface area (Å²) in [6.45, 7) is 1.60. The molecule has 0 aliphatic rings. The molecule has 3 rings (SSSR count). The molecule has 0 atom stereocenters. The molecule has 2 aromatic heterocycles. The highest BCUT2D eigenvalue weighted by Crippen LogP contribution is 2.33. The third-order valence-electron chi connectivity index (χ3n) is 3.66. The van der Waals surface area contributed by atoms with Gasteiger partial charge in [-0.25, -0.2) is 14.9 Å². The monoisotopic (exact) mass is 436 g/mol. The van der Waals surface area contributed by atoms with Gasteiger partial charge >= 0.3 is 12.1 Å². The number of halogens is 4. The van der Waals surface area contributed by atoms with E-state index >= 15 is 0 Å². The molecule has 0 unspecified atom stereocenters. The average Bonchev–Trinajstić information content (AvgIpc) is 2.65. The molecule has 0 N–H and O–H groups in total.